The molecule has 1 aromatic heterocycles. The lowest BCUT2D eigenvalue weighted by molar-refractivity contribution is 0.497. The molecule has 1 aliphatic heterocycles. The molecular weight excluding hydrogens is 200 g/mol. The number of hydrogen-bond donors (Lipinski definition) is 1. The van der Waals surface area contributed by atoms with Crippen LogP contribution in [0.2, 0.25) is 0 Å². The van der Waals surface area contributed by atoms with E-state index >= 15 is 0 Å². The molecule has 1 saturated heterocycles. The zero-order valence-corrected chi connectivity index (χ0v) is 8.78. The molecule has 1 aromatic rings. The number of anilines is 1. The molecule has 1 aliphatic rings. The van der Waals surface area contributed by atoms with Crippen molar-refractivity contribution in [2.45, 2.75) is 18.9 Å². The highest BCUT2D eigenvalue weighted by Gasteiger charge is 2.16. The maximum Gasteiger partial charge on any atom is 0.151 e. The van der Waals surface area contributed by atoms with Gasteiger partial charge in [-0.05, 0) is 25.0 Å². The van der Waals surface area contributed by atoms with Gasteiger partial charge in [0, 0.05) is 25.3 Å². The molecule has 1 fully saturated rings. The van der Waals surface area contributed by atoms with Crippen molar-refractivity contribution in [2.24, 2.45) is 5.73 Å². The summed E-state index contributed by atoms with van der Waals surface area (Å²) in [7, 11) is 0. The molecule has 4 nitrogen and oxygen atoms in total. The highest BCUT2D eigenvalue weighted by Crippen LogP contribution is 2.15. The number of piperidine rings is 1. The molecule has 0 unspecified atom stereocenters. The molecule has 78 valence electrons. The topological polar surface area (TPSA) is 55.0 Å². The molecule has 0 aliphatic carbocycles. The second-order valence-electron chi connectivity index (χ2n) is 3.41. The van der Waals surface area contributed by atoms with E-state index in [9.17, 15) is 0 Å². The van der Waals surface area contributed by atoms with Gasteiger partial charge in [0.25, 0.3) is 0 Å². The Morgan fingerprint density at radius 3 is 2.64 bits per heavy atom. The maximum absolute atomic E-state index is 5.81. The maximum atomic E-state index is 5.81. The van der Waals surface area contributed by atoms with Gasteiger partial charge in [0.1, 0.15) is 0 Å². The highest BCUT2D eigenvalue weighted by molar-refractivity contribution is 5.85. The van der Waals surface area contributed by atoms with E-state index in [0.29, 0.717) is 6.04 Å². The second kappa shape index (κ2) is 5.12. The van der Waals surface area contributed by atoms with Crippen LogP contribution in [0.15, 0.2) is 18.3 Å². The summed E-state index contributed by atoms with van der Waals surface area (Å²) < 4.78 is 0. The van der Waals surface area contributed by atoms with Gasteiger partial charge < -0.3 is 10.6 Å². The minimum Gasteiger partial charge on any atom is -0.355 e. The van der Waals surface area contributed by atoms with E-state index in [-0.39, 0.29) is 12.4 Å². The van der Waals surface area contributed by atoms with Gasteiger partial charge in [0.05, 0.1) is 0 Å². The van der Waals surface area contributed by atoms with E-state index in [1.807, 2.05) is 12.1 Å². The summed E-state index contributed by atoms with van der Waals surface area (Å²) in [5.74, 6) is 0.967. The number of nitrogens with zero attached hydrogens (tertiary/aromatic N) is 3. The lowest BCUT2D eigenvalue weighted by atomic mass is 10.1. The normalized spacial score (nSPS) is 17.6. The minimum absolute atomic E-state index is 0. The first-order valence-corrected chi connectivity index (χ1v) is 4.64. The van der Waals surface area contributed by atoms with E-state index in [4.69, 9.17) is 5.73 Å². The SMILES string of the molecule is Cl.NC1CCN(c2cccnn2)CC1. The molecule has 0 spiro atoms. The highest BCUT2D eigenvalue weighted by atomic mass is 35.5. The Morgan fingerprint density at radius 1 is 1.36 bits per heavy atom. The predicted octanol–water partition coefficient (Wildman–Crippen LogP) is 0.826. The van der Waals surface area contributed by atoms with Gasteiger partial charge >= 0.3 is 0 Å². The van der Waals surface area contributed by atoms with Crippen LogP contribution in [0, 0.1) is 0 Å². The number of hydrogen-bond acceptors (Lipinski definition) is 4. The van der Waals surface area contributed by atoms with Crippen molar-refractivity contribution in [3.05, 3.63) is 18.3 Å². The predicted molar refractivity (Wildman–Crippen MR) is 58.7 cm³/mol. The number of halogens is 1. The Balaban J connectivity index is 0.000000980. The van der Waals surface area contributed by atoms with E-state index < -0.39 is 0 Å². The van der Waals surface area contributed by atoms with Gasteiger partial charge in [-0.15, -0.1) is 17.5 Å². The first-order chi connectivity index (χ1) is 6.36. The first-order valence-electron chi connectivity index (χ1n) is 4.64. The van der Waals surface area contributed by atoms with Gasteiger partial charge in [-0.1, -0.05) is 0 Å². The lowest BCUT2D eigenvalue weighted by Gasteiger charge is -2.30. The monoisotopic (exact) mass is 214 g/mol. The van der Waals surface area contributed by atoms with Crippen molar-refractivity contribution in [1.29, 1.82) is 0 Å². The van der Waals surface area contributed by atoms with Crippen LogP contribution in [0.4, 0.5) is 5.82 Å². The molecule has 0 aromatic carbocycles. The molecule has 0 amide bonds. The average Bonchev–Trinajstić information content (AvgIpc) is 2.20. The third-order valence-electron chi connectivity index (χ3n) is 2.42. The van der Waals surface area contributed by atoms with Crippen molar-refractivity contribution in [1.82, 2.24) is 10.2 Å². The fourth-order valence-electron chi connectivity index (χ4n) is 1.59. The fraction of sp³-hybridized carbons (Fsp3) is 0.556. The Labute approximate surface area is 89.9 Å². The second-order valence-corrected chi connectivity index (χ2v) is 3.41. The molecule has 0 bridgehead atoms. The van der Waals surface area contributed by atoms with Crippen LogP contribution in [0.25, 0.3) is 0 Å². The van der Waals surface area contributed by atoms with Crippen LogP contribution < -0.4 is 10.6 Å². The Bertz CT molecular complexity index is 259. The standard InChI is InChI=1S/C9H14N4.ClH/c10-8-3-6-13(7-4-8)9-2-1-5-11-12-9;/h1-2,5,8H,3-4,6-7,10H2;1H. The van der Waals surface area contributed by atoms with Crippen molar-refractivity contribution < 1.29 is 0 Å². The van der Waals surface area contributed by atoms with E-state index in [1.54, 1.807) is 6.20 Å². The molecule has 5 heteroatoms. The third kappa shape index (κ3) is 2.56. The molecule has 14 heavy (non-hydrogen) atoms. The summed E-state index contributed by atoms with van der Waals surface area (Å²) in [6.45, 7) is 2.00. The van der Waals surface area contributed by atoms with Crippen LogP contribution in [0.3, 0.4) is 0 Å². The van der Waals surface area contributed by atoms with Crippen LogP contribution in [-0.4, -0.2) is 29.3 Å². The summed E-state index contributed by atoms with van der Waals surface area (Å²) in [6.07, 6.45) is 3.80. The minimum atomic E-state index is 0. The smallest absolute Gasteiger partial charge is 0.151 e. The molecule has 0 radical (unpaired) electrons. The summed E-state index contributed by atoms with van der Waals surface area (Å²) in [6, 6.07) is 4.27. The van der Waals surface area contributed by atoms with Crippen LogP contribution in [0.5, 0.6) is 0 Å². The van der Waals surface area contributed by atoms with E-state index in [2.05, 4.69) is 15.1 Å². The van der Waals surface area contributed by atoms with Gasteiger partial charge in [0.2, 0.25) is 0 Å². The molecule has 2 N–H and O–H groups in total. The Hall–Kier alpha value is -0.870. The third-order valence-corrected chi connectivity index (χ3v) is 2.42. The summed E-state index contributed by atoms with van der Waals surface area (Å²) >= 11 is 0. The van der Waals surface area contributed by atoms with Crippen LogP contribution in [-0.2, 0) is 0 Å². The Kier molecular flexibility index (Phi) is 4.10. The Morgan fingerprint density at radius 2 is 2.07 bits per heavy atom. The average molecular weight is 215 g/mol. The van der Waals surface area contributed by atoms with E-state index in [1.165, 1.54) is 0 Å². The summed E-state index contributed by atoms with van der Waals surface area (Å²) in [5, 5.41) is 7.92. The first kappa shape index (κ1) is 11.2. The van der Waals surface area contributed by atoms with Gasteiger partial charge in [-0.25, -0.2) is 0 Å². The van der Waals surface area contributed by atoms with Crippen molar-refractivity contribution >= 4 is 18.2 Å². The van der Waals surface area contributed by atoms with Gasteiger partial charge in [0.15, 0.2) is 5.82 Å². The summed E-state index contributed by atoms with van der Waals surface area (Å²) in [5.41, 5.74) is 5.81. The molecule has 2 heterocycles. The van der Waals surface area contributed by atoms with Crippen molar-refractivity contribution in [2.75, 3.05) is 18.0 Å². The lowest BCUT2D eigenvalue weighted by Crippen LogP contribution is -2.40. The largest absolute Gasteiger partial charge is 0.355 e. The molecular formula is C9H15ClN4. The molecule has 0 atom stereocenters. The molecule has 2 rings (SSSR count). The van der Waals surface area contributed by atoms with E-state index in [0.717, 1.165) is 31.7 Å². The van der Waals surface area contributed by atoms with Crippen molar-refractivity contribution in [3.63, 3.8) is 0 Å². The summed E-state index contributed by atoms with van der Waals surface area (Å²) in [4.78, 5) is 2.23. The van der Waals surface area contributed by atoms with Crippen LogP contribution in [0.1, 0.15) is 12.8 Å². The van der Waals surface area contributed by atoms with Crippen LogP contribution >= 0.6 is 12.4 Å². The molecule has 0 saturated carbocycles. The number of rotatable bonds is 1. The van der Waals surface area contributed by atoms with Crippen molar-refractivity contribution in [3.8, 4) is 0 Å². The van der Waals surface area contributed by atoms with Gasteiger partial charge in [-0.2, -0.15) is 5.10 Å². The fourth-order valence-corrected chi connectivity index (χ4v) is 1.59. The zero-order chi connectivity index (χ0) is 9.10. The zero-order valence-electron chi connectivity index (χ0n) is 7.97. The number of nitrogens with two attached hydrogens (primary N) is 1. The van der Waals surface area contributed by atoms with Gasteiger partial charge in [-0.3, -0.25) is 0 Å². The quantitative estimate of drug-likeness (QED) is 0.753. The number of aromatic nitrogens is 2.